The van der Waals surface area contributed by atoms with Gasteiger partial charge in [0.1, 0.15) is 6.33 Å². The maximum Gasteiger partial charge on any atom is 0.352 e. The third-order valence-electron chi connectivity index (χ3n) is 2.09. The SMILES string of the molecule is Nc1ncnc(NCc2ccc(Br)s2)c1[N+](=O)[O-]. The second-order valence-electron chi connectivity index (χ2n) is 3.27. The molecule has 0 unspecified atom stereocenters. The minimum atomic E-state index is -0.595. The molecule has 0 amide bonds. The molecule has 0 aliphatic carbocycles. The molecule has 0 atom stereocenters. The summed E-state index contributed by atoms with van der Waals surface area (Å²) in [5, 5.41) is 13.7. The summed E-state index contributed by atoms with van der Waals surface area (Å²) in [6, 6.07) is 3.82. The number of anilines is 2. The first-order valence-corrected chi connectivity index (χ1v) is 6.42. The number of thiophene rings is 1. The second-order valence-corrected chi connectivity index (χ2v) is 5.82. The first kappa shape index (κ1) is 12.7. The molecule has 0 saturated heterocycles. The topological polar surface area (TPSA) is 107 Å². The quantitative estimate of drug-likeness (QED) is 0.658. The predicted molar refractivity (Wildman–Crippen MR) is 72.4 cm³/mol. The van der Waals surface area contributed by atoms with Crippen LogP contribution in [-0.2, 0) is 6.54 Å². The summed E-state index contributed by atoms with van der Waals surface area (Å²) in [5.74, 6) is -0.0260. The zero-order valence-corrected chi connectivity index (χ0v) is 11.4. The van der Waals surface area contributed by atoms with Gasteiger partial charge in [-0.05, 0) is 28.1 Å². The number of nitrogens with zero attached hydrogens (tertiary/aromatic N) is 3. The molecule has 2 rings (SSSR count). The number of nitro groups is 1. The standard InChI is InChI=1S/C9H8BrN5O2S/c10-6-2-1-5(18-6)3-12-9-7(15(16)17)8(11)13-4-14-9/h1-2,4H,3H2,(H3,11,12,13,14). The number of nitrogens with two attached hydrogens (primary N) is 1. The van der Waals surface area contributed by atoms with Crippen molar-refractivity contribution in [2.24, 2.45) is 0 Å². The summed E-state index contributed by atoms with van der Waals surface area (Å²) in [7, 11) is 0. The summed E-state index contributed by atoms with van der Waals surface area (Å²) >= 11 is 4.88. The molecule has 9 heteroatoms. The molecule has 94 valence electrons. The van der Waals surface area contributed by atoms with Crippen LogP contribution >= 0.6 is 27.3 Å². The summed E-state index contributed by atoms with van der Waals surface area (Å²) in [6.07, 6.45) is 1.19. The van der Waals surface area contributed by atoms with E-state index in [1.807, 2.05) is 12.1 Å². The number of nitrogens with one attached hydrogen (secondary N) is 1. The highest BCUT2D eigenvalue weighted by Crippen LogP contribution is 2.28. The van der Waals surface area contributed by atoms with Gasteiger partial charge in [0, 0.05) is 4.88 Å². The fourth-order valence-electron chi connectivity index (χ4n) is 1.32. The van der Waals surface area contributed by atoms with Crippen molar-refractivity contribution in [3.05, 3.63) is 37.2 Å². The second kappa shape index (κ2) is 5.27. The lowest BCUT2D eigenvalue weighted by atomic mass is 10.4. The van der Waals surface area contributed by atoms with Gasteiger partial charge in [-0.25, -0.2) is 9.97 Å². The zero-order chi connectivity index (χ0) is 13.1. The number of aromatic nitrogens is 2. The number of rotatable bonds is 4. The average Bonchev–Trinajstić information content (AvgIpc) is 2.72. The van der Waals surface area contributed by atoms with Crippen molar-refractivity contribution in [2.45, 2.75) is 6.54 Å². The fraction of sp³-hybridized carbons (Fsp3) is 0.111. The fourth-order valence-corrected chi connectivity index (χ4v) is 2.74. The van der Waals surface area contributed by atoms with Crippen LogP contribution in [0.3, 0.4) is 0 Å². The molecule has 3 N–H and O–H groups in total. The molecule has 0 spiro atoms. The van der Waals surface area contributed by atoms with Crippen molar-refractivity contribution in [3.8, 4) is 0 Å². The molecule has 0 fully saturated rings. The minimum Gasteiger partial charge on any atom is -0.378 e. The average molecular weight is 330 g/mol. The van der Waals surface area contributed by atoms with Crippen LogP contribution < -0.4 is 11.1 Å². The van der Waals surface area contributed by atoms with Gasteiger partial charge in [-0.1, -0.05) is 0 Å². The van der Waals surface area contributed by atoms with Crippen LogP contribution in [0.4, 0.5) is 17.3 Å². The molecule has 0 aliphatic heterocycles. The van der Waals surface area contributed by atoms with Crippen LogP contribution in [-0.4, -0.2) is 14.9 Å². The van der Waals surface area contributed by atoms with E-state index in [9.17, 15) is 10.1 Å². The van der Waals surface area contributed by atoms with Crippen molar-refractivity contribution in [1.82, 2.24) is 9.97 Å². The summed E-state index contributed by atoms with van der Waals surface area (Å²) in [6.45, 7) is 0.438. The number of hydrogen-bond acceptors (Lipinski definition) is 7. The van der Waals surface area contributed by atoms with Crippen LogP contribution in [0.2, 0.25) is 0 Å². The molecule has 2 heterocycles. The molecular weight excluding hydrogens is 322 g/mol. The van der Waals surface area contributed by atoms with Gasteiger partial charge in [0.15, 0.2) is 0 Å². The Morgan fingerprint density at radius 2 is 2.28 bits per heavy atom. The van der Waals surface area contributed by atoms with E-state index in [0.717, 1.165) is 8.66 Å². The Balaban J connectivity index is 2.19. The van der Waals surface area contributed by atoms with Crippen LogP contribution in [0.25, 0.3) is 0 Å². The first-order valence-electron chi connectivity index (χ1n) is 4.81. The van der Waals surface area contributed by atoms with E-state index in [1.165, 1.54) is 17.7 Å². The highest BCUT2D eigenvalue weighted by molar-refractivity contribution is 9.11. The normalized spacial score (nSPS) is 10.3. The highest BCUT2D eigenvalue weighted by Gasteiger charge is 2.20. The van der Waals surface area contributed by atoms with E-state index in [-0.39, 0.29) is 17.3 Å². The van der Waals surface area contributed by atoms with Gasteiger partial charge in [-0.3, -0.25) is 10.1 Å². The van der Waals surface area contributed by atoms with Crippen molar-refractivity contribution >= 4 is 44.6 Å². The molecule has 0 bridgehead atoms. The van der Waals surface area contributed by atoms with Crippen LogP contribution in [0, 0.1) is 10.1 Å². The van der Waals surface area contributed by atoms with E-state index >= 15 is 0 Å². The molecule has 0 saturated carbocycles. The Hall–Kier alpha value is -1.74. The molecule has 0 aromatic carbocycles. The highest BCUT2D eigenvalue weighted by atomic mass is 79.9. The third-order valence-corrected chi connectivity index (χ3v) is 3.72. The Labute approximate surface area is 114 Å². The van der Waals surface area contributed by atoms with Crippen molar-refractivity contribution in [3.63, 3.8) is 0 Å². The van der Waals surface area contributed by atoms with Crippen LogP contribution in [0.15, 0.2) is 22.2 Å². The maximum atomic E-state index is 10.9. The van der Waals surface area contributed by atoms with E-state index in [4.69, 9.17) is 5.73 Å². The molecule has 0 aliphatic rings. The Kier molecular flexibility index (Phi) is 3.72. The van der Waals surface area contributed by atoms with Gasteiger partial charge in [0.05, 0.1) is 15.3 Å². The first-order chi connectivity index (χ1) is 8.58. The van der Waals surface area contributed by atoms with Gasteiger partial charge >= 0.3 is 5.69 Å². The van der Waals surface area contributed by atoms with E-state index in [0.29, 0.717) is 6.54 Å². The molecule has 0 radical (unpaired) electrons. The molecule has 2 aromatic heterocycles. The minimum absolute atomic E-state index is 0.122. The summed E-state index contributed by atoms with van der Waals surface area (Å²) < 4.78 is 0.996. The molecule has 18 heavy (non-hydrogen) atoms. The molecule has 2 aromatic rings. The van der Waals surface area contributed by atoms with E-state index in [1.54, 1.807) is 0 Å². The van der Waals surface area contributed by atoms with Crippen molar-refractivity contribution < 1.29 is 4.92 Å². The van der Waals surface area contributed by atoms with Crippen LogP contribution in [0.5, 0.6) is 0 Å². The number of halogens is 1. The van der Waals surface area contributed by atoms with Gasteiger partial charge in [-0.2, -0.15) is 0 Å². The smallest absolute Gasteiger partial charge is 0.352 e. The van der Waals surface area contributed by atoms with Gasteiger partial charge in [0.25, 0.3) is 0 Å². The zero-order valence-electron chi connectivity index (χ0n) is 8.96. The third kappa shape index (κ3) is 2.74. The number of hydrogen-bond donors (Lipinski definition) is 2. The van der Waals surface area contributed by atoms with Crippen molar-refractivity contribution in [2.75, 3.05) is 11.1 Å². The van der Waals surface area contributed by atoms with Crippen LogP contribution in [0.1, 0.15) is 4.88 Å². The summed E-state index contributed by atoms with van der Waals surface area (Å²) in [5.41, 5.74) is 5.16. The molecule has 7 nitrogen and oxygen atoms in total. The van der Waals surface area contributed by atoms with E-state index in [2.05, 4.69) is 31.2 Å². The van der Waals surface area contributed by atoms with Gasteiger partial charge in [0.2, 0.25) is 11.6 Å². The monoisotopic (exact) mass is 329 g/mol. The molecular formula is C9H8BrN5O2S. The van der Waals surface area contributed by atoms with E-state index < -0.39 is 4.92 Å². The predicted octanol–water partition coefficient (Wildman–Crippen LogP) is 2.40. The van der Waals surface area contributed by atoms with Gasteiger partial charge < -0.3 is 11.1 Å². The Morgan fingerprint density at radius 1 is 1.50 bits per heavy atom. The maximum absolute atomic E-state index is 10.9. The van der Waals surface area contributed by atoms with Gasteiger partial charge in [-0.15, -0.1) is 11.3 Å². The largest absolute Gasteiger partial charge is 0.378 e. The Bertz CT molecular complexity index is 588. The summed E-state index contributed by atoms with van der Waals surface area (Å²) in [4.78, 5) is 18.7. The number of nitrogen functional groups attached to an aromatic ring is 1. The Morgan fingerprint density at radius 3 is 2.89 bits per heavy atom. The lowest BCUT2D eigenvalue weighted by Gasteiger charge is -2.05. The lowest BCUT2D eigenvalue weighted by molar-refractivity contribution is -0.383. The van der Waals surface area contributed by atoms with Crippen molar-refractivity contribution in [1.29, 1.82) is 0 Å². The lowest BCUT2D eigenvalue weighted by Crippen LogP contribution is -2.07.